The summed E-state index contributed by atoms with van der Waals surface area (Å²) in [6.45, 7) is 4.44. The molecule has 17 nitrogen and oxygen atoms in total. The second-order valence-corrected chi connectivity index (χ2v) is 28.4. The van der Waals surface area contributed by atoms with Gasteiger partial charge in [0.05, 0.1) is 26.4 Å². The van der Waals surface area contributed by atoms with E-state index in [1.165, 1.54) is 38.5 Å². The predicted octanol–water partition coefficient (Wildman–Crippen LogP) is 22.7. The maximum absolute atomic E-state index is 13.1. The number of aliphatic hydroxyl groups is 1. The molecule has 0 fully saturated rings. The zero-order chi connectivity index (χ0) is 74.6. The molecular weight excluding hydrogens is 1330 g/mol. The number of carbonyl (C=O) groups is 4. The zero-order valence-electron chi connectivity index (χ0n) is 63.5. The molecule has 0 aliphatic carbocycles. The van der Waals surface area contributed by atoms with Gasteiger partial charge in [-0.15, -0.1) is 0 Å². The number of phosphoric acid groups is 2. The first-order valence-electron chi connectivity index (χ1n) is 39.1. The van der Waals surface area contributed by atoms with Crippen LogP contribution in [0.3, 0.4) is 0 Å². The van der Waals surface area contributed by atoms with E-state index in [1.54, 1.807) is 0 Å². The van der Waals surface area contributed by atoms with E-state index in [-0.39, 0.29) is 25.7 Å². The first-order chi connectivity index (χ1) is 49.7. The summed E-state index contributed by atoms with van der Waals surface area (Å²) in [6, 6.07) is 0. The first-order valence-corrected chi connectivity index (χ1v) is 42.1. The number of phosphoric ester groups is 2. The van der Waals surface area contributed by atoms with Crippen molar-refractivity contribution in [3.8, 4) is 0 Å². The molecule has 0 amide bonds. The molecule has 0 radical (unpaired) electrons. The van der Waals surface area contributed by atoms with E-state index in [0.717, 1.165) is 180 Å². The van der Waals surface area contributed by atoms with Gasteiger partial charge < -0.3 is 33.8 Å². The van der Waals surface area contributed by atoms with E-state index in [9.17, 15) is 43.2 Å². The van der Waals surface area contributed by atoms with Crippen molar-refractivity contribution in [1.82, 2.24) is 0 Å². The highest BCUT2D eigenvalue weighted by Gasteiger charge is 2.30. The van der Waals surface area contributed by atoms with E-state index in [4.69, 9.17) is 37.0 Å². The smallest absolute Gasteiger partial charge is 0.462 e. The summed E-state index contributed by atoms with van der Waals surface area (Å²) in [5.41, 5.74) is 0. The van der Waals surface area contributed by atoms with Crippen LogP contribution in [-0.4, -0.2) is 96.7 Å². The van der Waals surface area contributed by atoms with Gasteiger partial charge in [0.25, 0.3) is 0 Å². The third-order valence-electron chi connectivity index (χ3n) is 15.8. The number of rotatable bonds is 72. The molecular formula is C83H138O17P2. The lowest BCUT2D eigenvalue weighted by Gasteiger charge is -2.21. The molecule has 0 spiro atoms. The Labute approximate surface area is 617 Å². The molecule has 0 saturated carbocycles. The fourth-order valence-corrected chi connectivity index (χ4v) is 11.5. The normalized spacial score (nSPS) is 14.7. The molecule has 0 aromatic heterocycles. The highest BCUT2D eigenvalue weighted by atomic mass is 31.2. The lowest BCUT2D eigenvalue weighted by molar-refractivity contribution is -0.161. The van der Waals surface area contributed by atoms with Gasteiger partial charge in [-0.3, -0.25) is 37.3 Å². The molecule has 102 heavy (non-hydrogen) atoms. The Morgan fingerprint density at radius 3 is 0.794 bits per heavy atom. The minimum Gasteiger partial charge on any atom is -0.462 e. The predicted molar refractivity (Wildman–Crippen MR) is 417 cm³/mol. The summed E-state index contributed by atoms with van der Waals surface area (Å²) in [4.78, 5) is 72.9. The number of unbranched alkanes of at least 4 members (excludes halogenated alkanes) is 22. The maximum Gasteiger partial charge on any atom is 0.472 e. The molecule has 3 N–H and O–H groups in total. The summed E-state index contributed by atoms with van der Waals surface area (Å²) in [5.74, 6) is -2.26. The summed E-state index contributed by atoms with van der Waals surface area (Å²) < 4.78 is 68.5. The van der Waals surface area contributed by atoms with Gasteiger partial charge in [-0.1, -0.05) is 276 Å². The van der Waals surface area contributed by atoms with E-state index < -0.39 is 97.5 Å². The molecule has 19 heteroatoms. The molecule has 5 unspecified atom stereocenters. The van der Waals surface area contributed by atoms with Crippen LogP contribution in [0.2, 0.25) is 0 Å². The van der Waals surface area contributed by atoms with Crippen molar-refractivity contribution in [3.05, 3.63) is 146 Å². The summed E-state index contributed by atoms with van der Waals surface area (Å²) >= 11 is 0. The Bertz CT molecular complexity index is 2510. The number of allylic oxidation sites excluding steroid dienone is 24. The Hall–Kier alpha value is -5.06. The van der Waals surface area contributed by atoms with E-state index >= 15 is 0 Å². The third kappa shape index (κ3) is 73.3. The maximum atomic E-state index is 13.1. The number of ether oxygens (including phenoxy) is 4. The van der Waals surface area contributed by atoms with E-state index in [2.05, 4.69) is 174 Å². The molecule has 0 aliphatic heterocycles. The van der Waals surface area contributed by atoms with Gasteiger partial charge in [0.15, 0.2) is 12.2 Å². The fraction of sp³-hybridized carbons (Fsp3) is 0.663. The van der Waals surface area contributed by atoms with Crippen LogP contribution in [0.1, 0.15) is 297 Å². The Kier molecular flexibility index (Phi) is 70.5. The Balaban J connectivity index is 5.41. The topological polar surface area (TPSA) is 237 Å². The van der Waals surface area contributed by atoms with Crippen molar-refractivity contribution in [2.75, 3.05) is 39.6 Å². The Morgan fingerprint density at radius 2 is 0.510 bits per heavy atom. The highest BCUT2D eigenvalue weighted by Crippen LogP contribution is 2.45. The van der Waals surface area contributed by atoms with Gasteiger partial charge in [0, 0.05) is 25.7 Å². The average Bonchev–Trinajstić information content (AvgIpc) is 0.921. The zero-order valence-corrected chi connectivity index (χ0v) is 65.3. The van der Waals surface area contributed by atoms with Crippen LogP contribution in [0.5, 0.6) is 0 Å². The van der Waals surface area contributed by atoms with Crippen molar-refractivity contribution in [2.45, 2.75) is 316 Å². The Morgan fingerprint density at radius 1 is 0.284 bits per heavy atom. The minimum absolute atomic E-state index is 0.0548. The largest absolute Gasteiger partial charge is 0.472 e. The van der Waals surface area contributed by atoms with Gasteiger partial charge in [0.2, 0.25) is 0 Å². The van der Waals surface area contributed by atoms with Gasteiger partial charge in [0.1, 0.15) is 19.3 Å². The van der Waals surface area contributed by atoms with Crippen LogP contribution in [0.15, 0.2) is 146 Å². The summed E-state index contributed by atoms with van der Waals surface area (Å²) in [7, 11) is -9.98. The van der Waals surface area contributed by atoms with Crippen LogP contribution in [0.25, 0.3) is 0 Å². The summed E-state index contributed by atoms with van der Waals surface area (Å²) in [6.07, 6.45) is 84.0. The van der Waals surface area contributed by atoms with Crippen LogP contribution < -0.4 is 0 Å². The van der Waals surface area contributed by atoms with Crippen molar-refractivity contribution in [3.63, 3.8) is 0 Å². The molecule has 0 aromatic carbocycles. The van der Waals surface area contributed by atoms with Crippen molar-refractivity contribution in [1.29, 1.82) is 0 Å². The van der Waals surface area contributed by atoms with E-state index in [0.29, 0.717) is 25.7 Å². The monoisotopic (exact) mass is 1470 g/mol. The summed E-state index contributed by atoms with van der Waals surface area (Å²) in [5, 5.41) is 10.6. The van der Waals surface area contributed by atoms with Crippen LogP contribution in [0, 0.1) is 0 Å². The molecule has 0 saturated heterocycles. The van der Waals surface area contributed by atoms with Crippen molar-refractivity contribution in [2.24, 2.45) is 0 Å². The second-order valence-electron chi connectivity index (χ2n) is 25.5. The first kappa shape index (κ1) is 96.9. The van der Waals surface area contributed by atoms with Crippen molar-refractivity contribution >= 4 is 39.5 Å². The number of hydrogen-bond donors (Lipinski definition) is 3. The van der Waals surface area contributed by atoms with Crippen LogP contribution in [0.4, 0.5) is 0 Å². The number of esters is 4. The standard InChI is InChI=1S/C83H138O17P2/c1-5-9-13-17-21-25-29-32-35-37-38-40-42-45-49-52-56-60-64-68-81(86)94-74-79(100-83(88)70-66-62-58-54-50-46-43-39-36-33-30-26-22-18-14-10-6-2)76-98-102(91,92)96-72-77(84)71-95-101(89,90)97-75-78(99-82(87)69-65-61-57-53-47-28-24-20-16-12-8-4)73-93-80(85)67-63-59-55-51-48-44-41-34-31-27-23-19-15-11-7-3/h9-11,13-15,21-23,25-27,32-36,38,40-41,43,45-46,49,77-79,84H,5-8,12,16-20,24,28-31,37,39,42,44,47-48,50-76H2,1-4H3,(H,89,90)(H,91,92)/b13-9-,14-10-,15-11-,25-21-,26-22-,27-23-,35-32-,36-33-,40-38-,41-34-,46-43-,49-45-. The van der Waals surface area contributed by atoms with Crippen molar-refractivity contribution < 1.29 is 80.2 Å². The van der Waals surface area contributed by atoms with Gasteiger partial charge >= 0.3 is 39.5 Å². The molecule has 0 aliphatic rings. The quantitative estimate of drug-likeness (QED) is 0.0169. The molecule has 0 heterocycles. The molecule has 0 aromatic rings. The number of aliphatic hydroxyl groups excluding tert-OH is 1. The molecule has 0 rings (SSSR count). The highest BCUT2D eigenvalue weighted by molar-refractivity contribution is 7.47. The fourth-order valence-electron chi connectivity index (χ4n) is 9.96. The van der Waals surface area contributed by atoms with E-state index in [1.807, 2.05) is 0 Å². The number of carbonyl (C=O) groups excluding carboxylic acids is 4. The van der Waals surface area contributed by atoms with Crippen LogP contribution in [-0.2, 0) is 65.4 Å². The molecule has 0 bridgehead atoms. The third-order valence-corrected chi connectivity index (χ3v) is 17.7. The SMILES string of the molecule is CC/C=C\C/C=C\C/C=C\C/C=C\C/C=C\CCCCCC(=O)OCC(COP(=O)(O)OCC(O)COP(=O)(O)OCC(COC(=O)CCCCCCC/C=C\C/C=C\C/C=C\CC)OC(=O)CCCCCCCCCCCCC)OC(=O)CCCCCC/C=C\C/C=C\C/C=C\C/C=C\CC. The van der Waals surface area contributed by atoms with Crippen LogP contribution >= 0.6 is 15.6 Å². The van der Waals surface area contributed by atoms with Gasteiger partial charge in [-0.25, -0.2) is 9.13 Å². The lowest BCUT2D eigenvalue weighted by atomic mass is 10.1. The lowest BCUT2D eigenvalue weighted by Crippen LogP contribution is -2.30. The number of hydrogen-bond acceptors (Lipinski definition) is 15. The van der Waals surface area contributed by atoms with Gasteiger partial charge in [-0.05, 0) is 141 Å². The second kappa shape index (κ2) is 74.2. The molecule has 5 atom stereocenters. The molecule has 582 valence electrons. The minimum atomic E-state index is -5.00. The van der Waals surface area contributed by atoms with Gasteiger partial charge in [-0.2, -0.15) is 0 Å². The average molecular weight is 1470 g/mol.